The van der Waals surface area contributed by atoms with Crippen molar-refractivity contribution >= 4 is 15.5 Å². The first-order chi connectivity index (χ1) is 7.43. The maximum atomic E-state index is 11.4. The van der Waals surface area contributed by atoms with Gasteiger partial charge in [0, 0.05) is 23.9 Å². The number of fused-ring (bicyclic) bond motifs is 1. The van der Waals surface area contributed by atoms with Crippen LogP contribution in [0.5, 0.6) is 0 Å². The normalized spacial score (nSPS) is 23.9. The Kier molecular flexibility index (Phi) is 2.70. The summed E-state index contributed by atoms with van der Waals surface area (Å²) in [5, 5.41) is 3.35. The van der Waals surface area contributed by atoms with Crippen LogP contribution in [0.1, 0.15) is 31.7 Å². The van der Waals surface area contributed by atoms with Crippen LogP contribution in [0.15, 0.2) is 23.1 Å². The Morgan fingerprint density at radius 2 is 2.06 bits per heavy atom. The lowest BCUT2D eigenvalue weighted by molar-refractivity contribution is 0.602. The number of rotatable bonds is 2. The largest absolute Gasteiger partial charge is 0.382 e. The average molecular weight is 239 g/mol. The zero-order chi connectivity index (χ0) is 11.9. The fraction of sp³-hybridized carbons (Fsp3) is 0.500. The molecule has 0 fully saturated rings. The molecule has 2 atom stereocenters. The van der Waals surface area contributed by atoms with Crippen molar-refractivity contribution in [2.75, 3.05) is 11.6 Å². The summed E-state index contributed by atoms with van der Waals surface area (Å²) in [6.07, 6.45) is 2.31. The highest BCUT2D eigenvalue weighted by molar-refractivity contribution is 7.90. The Balaban J connectivity index is 2.48. The lowest BCUT2D eigenvalue weighted by Crippen LogP contribution is -2.14. The second kappa shape index (κ2) is 3.77. The molecule has 0 aliphatic carbocycles. The van der Waals surface area contributed by atoms with Crippen LogP contribution < -0.4 is 5.32 Å². The lowest BCUT2D eigenvalue weighted by atomic mass is 9.94. The molecule has 0 radical (unpaired) electrons. The SMILES string of the molecule is CCC1c2ccc(S(C)(=O)=O)cc2NC1C. The summed E-state index contributed by atoms with van der Waals surface area (Å²) in [5.41, 5.74) is 2.21. The number of hydrogen-bond acceptors (Lipinski definition) is 3. The molecule has 1 aliphatic heterocycles. The minimum absolute atomic E-state index is 0.384. The van der Waals surface area contributed by atoms with Crippen LogP contribution in [0.25, 0.3) is 0 Å². The zero-order valence-electron chi connectivity index (χ0n) is 9.82. The van der Waals surface area contributed by atoms with E-state index in [1.165, 1.54) is 11.8 Å². The van der Waals surface area contributed by atoms with Crippen LogP contribution in [0.2, 0.25) is 0 Å². The molecule has 1 heterocycles. The van der Waals surface area contributed by atoms with Crippen LogP contribution in [0.3, 0.4) is 0 Å². The van der Waals surface area contributed by atoms with Crippen molar-refractivity contribution in [1.82, 2.24) is 0 Å². The highest BCUT2D eigenvalue weighted by atomic mass is 32.2. The summed E-state index contributed by atoms with van der Waals surface area (Å²) >= 11 is 0. The van der Waals surface area contributed by atoms with Gasteiger partial charge in [0.05, 0.1) is 4.90 Å². The summed E-state index contributed by atoms with van der Waals surface area (Å²) in [5.74, 6) is 0.489. The first-order valence-electron chi connectivity index (χ1n) is 5.54. The maximum Gasteiger partial charge on any atom is 0.175 e. The van der Waals surface area contributed by atoms with E-state index in [0.29, 0.717) is 16.9 Å². The van der Waals surface area contributed by atoms with Crippen LogP contribution >= 0.6 is 0 Å². The van der Waals surface area contributed by atoms with Gasteiger partial charge in [-0.1, -0.05) is 13.0 Å². The lowest BCUT2D eigenvalue weighted by Gasteiger charge is -2.12. The molecule has 2 rings (SSSR count). The van der Waals surface area contributed by atoms with Gasteiger partial charge in [0.25, 0.3) is 0 Å². The molecular formula is C12H17NO2S. The molecule has 0 saturated carbocycles. The minimum atomic E-state index is -3.11. The van der Waals surface area contributed by atoms with Crippen LogP contribution in [-0.2, 0) is 9.84 Å². The second-order valence-corrected chi connectivity index (χ2v) is 6.48. The molecule has 2 unspecified atom stereocenters. The molecule has 0 amide bonds. The number of hydrogen-bond donors (Lipinski definition) is 1. The molecule has 3 nitrogen and oxygen atoms in total. The van der Waals surface area contributed by atoms with E-state index in [4.69, 9.17) is 0 Å². The molecule has 0 bridgehead atoms. The first-order valence-corrected chi connectivity index (χ1v) is 7.43. The zero-order valence-corrected chi connectivity index (χ0v) is 10.6. The van der Waals surface area contributed by atoms with E-state index in [0.717, 1.165) is 12.1 Å². The van der Waals surface area contributed by atoms with Gasteiger partial charge in [-0.15, -0.1) is 0 Å². The topological polar surface area (TPSA) is 46.2 Å². The Labute approximate surface area is 96.8 Å². The summed E-state index contributed by atoms with van der Waals surface area (Å²) in [7, 11) is -3.11. The predicted molar refractivity (Wildman–Crippen MR) is 65.7 cm³/mol. The molecule has 88 valence electrons. The highest BCUT2D eigenvalue weighted by Crippen LogP contribution is 2.38. The van der Waals surface area contributed by atoms with Gasteiger partial charge in [-0.3, -0.25) is 0 Å². The number of sulfone groups is 1. The third-order valence-electron chi connectivity index (χ3n) is 3.28. The molecule has 4 heteroatoms. The third-order valence-corrected chi connectivity index (χ3v) is 4.39. The van der Waals surface area contributed by atoms with E-state index < -0.39 is 9.84 Å². The second-order valence-electron chi connectivity index (χ2n) is 4.47. The fourth-order valence-electron chi connectivity index (χ4n) is 2.40. The molecule has 1 aromatic carbocycles. The molecular weight excluding hydrogens is 222 g/mol. The van der Waals surface area contributed by atoms with Crippen molar-refractivity contribution in [2.45, 2.75) is 37.1 Å². The van der Waals surface area contributed by atoms with E-state index in [1.807, 2.05) is 6.07 Å². The minimum Gasteiger partial charge on any atom is -0.382 e. The van der Waals surface area contributed by atoms with Crippen molar-refractivity contribution in [3.63, 3.8) is 0 Å². The molecule has 1 aromatic rings. The molecule has 0 saturated heterocycles. The van der Waals surface area contributed by atoms with E-state index in [2.05, 4.69) is 19.2 Å². The average Bonchev–Trinajstić information content (AvgIpc) is 2.50. The Hall–Kier alpha value is -1.03. The molecule has 1 aliphatic rings. The quantitative estimate of drug-likeness (QED) is 0.862. The Morgan fingerprint density at radius 3 is 2.62 bits per heavy atom. The van der Waals surface area contributed by atoms with E-state index in [-0.39, 0.29) is 0 Å². The van der Waals surface area contributed by atoms with Gasteiger partial charge in [0.1, 0.15) is 0 Å². The fourth-order valence-corrected chi connectivity index (χ4v) is 3.05. The van der Waals surface area contributed by atoms with Crippen LogP contribution in [0, 0.1) is 0 Å². The van der Waals surface area contributed by atoms with E-state index >= 15 is 0 Å². The van der Waals surface area contributed by atoms with E-state index in [9.17, 15) is 8.42 Å². The van der Waals surface area contributed by atoms with Crippen molar-refractivity contribution < 1.29 is 8.42 Å². The van der Waals surface area contributed by atoms with Crippen molar-refractivity contribution in [3.05, 3.63) is 23.8 Å². The van der Waals surface area contributed by atoms with Crippen LogP contribution in [0.4, 0.5) is 5.69 Å². The molecule has 0 aromatic heterocycles. The maximum absolute atomic E-state index is 11.4. The Morgan fingerprint density at radius 1 is 1.38 bits per heavy atom. The van der Waals surface area contributed by atoms with Gasteiger partial charge in [-0.2, -0.15) is 0 Å². The Bertz CT molecular complexity index is 508. The monoisotopic (exact) mass is 239 g/mol. The van der Waals surface area contributed by atoms with Gasteiger partial charge >= 0.3 is 0 Å². The van der Waals surface area contributed by atoms with Crippen molar-refractivity contribution in [2.24, 2.45) is 0 Å². The van der Waals surface area contributed by atoms with Gasteiger partial charge in [-0.25, -0.2) is 8.42 Å². The van der Waals surface area contributed by atoms with E-state index in [1.54, 1.807) is 12.1 Å². The molecule has 0 spiro atoms. The number of anilines is 1. The number of benzene rings is 1. The summed E-state index contributed by atoms with van der Waals surface area (Å²) in [6, 6.07) is 5.78. The predicted octanol–water partition coefficient (Wildman–Crippen LogP) is 2.40. The van der Waals surface area contributed by atoms with Gasteiger partial charge in [0.15, 0.2) is 9.84 Å². The van der Waals surface area contributed by atoms with Crippen LogP contribution in [-0.4, -0.2) is 20.7 Å². The van der Waals surface area contributed by atoms with Gasteiger partial charge in [-0.05, 0) is 31.0 Å². The summed E-state index contributed by atoms with van der Waals surface area (Å²) in [4.78, 5) is 0.391. The summed E-state index contributed by atoms with van der Waals surface area (Å²) < 4.78 is 22.9. The highest BCUT2D eigenvalue weighted by Gasteiger charge is 2.28. The number of nitrogens with one attached hydrogen (secondary N) is 1. The standard InChI is InChI=1S/C12H17NO2S/c1-4-10-8(2)13-12-7-9(16(3,14)15)5-6-11(10)12/h5-8,10,13H,4H2,1-3H3. The van der Waals surface area contributed by atoms with Gasteiger partial charge in [0.2, 0.25) is 0 Å². The first kappa shape index (κ1) is 11.5. The van der Waals surface area contributed by atoms with Crippen molar-refractivity contribution in [3.8, 4) is 0 Å². The third kappa shape index (κ3) is 1.82. The molecule has 16 heavy (non-hydrogen) atoms. The smallest absolute Gasteiger partial charge is 0.175 e. The summed E-state index contributed by atoms with van der Waals surface area (Å²) in [6.45, 7) is 4.29. The van der Waals surface area contributed by atoms with Crippen molar-refractivity contribution in [1.29, 1.82) is 0 Å². The molecule has 1 N–H and O–H groups in total. The van der Waals surface area contributed by atoms with Gasteiger partial charge < -0.3 is 5.32 Å².